The molecule has 0 saturated carbocycles. The van der Waals surface area contributed by atoms with E-state index in [1.165, 1.54) is 16.8 Å². The van der Waals surface area contributed by atoms with Gasteiger partial charge in [0.2, 0.25) is 5.91 Å². The number of rotatable bonds is 3. The summed E-state index contributed by atoms with van der Waals surface area (Å²) in [6.45, 7) is 1.64. The topological polar surface area (TPSA) is 90.0 Å². The number of fused-ring (bicyclic) bond motifs is 3. The van der Waals surface area contributed by atoms with Gasteiger partial charge in [0.05, 0.1) is 22.7 Å². The van der Waals surface area contributed by atoms with E-state index in [1.807, 2.05) is 0 Å². The van der Waals surface area contributed by atoms with Gasteiger partial charge in [-0.3, -0.25) is 14.3 Å². The molecule has 0 spiro atoms. The highest BCUT2D eigenvalue weighted by Gasteiger charge is 2.42. The largest absolute Gasteiger partial charge is 0.417 e. The maximum absolute atomic E-state index is 14.3. The number of nitrogens with one attached hydrogen (secondary N) is 1. The molecule has 0 fully saturated rings. The van der Waals surface area contributed by atoms with Crippen molar-refractivity contribution < 1.29 is 31.5 Å². The number of alkyl halides is 3. The minimum atomic E-state index is -5.10. The van der Waals surface area contributed by atoms with E-state index in [0.717, 1.165) is 12.1 Å². The molecule has 6 nitrogen and oxygen atoms in total. The molecule has 2 heterocycles. The lowest BCUT2D eigenvalue weighted by Gasteiger charge is -2.22. The Morgan fingerprint density at radius 1 is 1.11 bits per heavy atom. The molecule has 12 heteroatoms. The molecule has 3 N–H and O–H groups in total. The lowest BCUT2D eigenvalue weighted by atomic mass is 9.84. The normalized spacial score (nSPS) is 15.2. The quantitative estimate of drug-likeness (QED) is 0.343. The smallest absolute Gasteiger partial charge is 0.366 e. The number of hydrogen-bond donors (Lipinski definition) is 2. The molecule has 3 aromatic carbocycles. The molecule has 190 valence electrons. The Morgan fingerprint density at radius 3 is 2.46 bits per heavy atom. The molecular formula is C25H16ClF5N4O2. The van der Waals surface area contributed by atoms with Crippen LogP contribution in [-0.4, -0.2) is 21.6 Å². The van der Waals surface area contributed by atoms with E-state index >= 15 is 0 Å². The summed E-state index contributed by atoms with van der Waals surface area (Å²) >= 11 is 6.30. The van der Waals surface area contributed by atoms with Crippen LogP contribution in [-0.2, 0) is 13.2 Å². The number of carbonyl (C=O) groups excluding carboxylic acids is 2. The van der Waals surface area contributed by atoms with Crippen molar-refractivity contribution in [2.45, 2.75) is 19.1 Å². The third-order valence-corrected chi connectivity index (χ3v) is 6.81. The van der Waals surface area contributed by atoms with Crippen molar-refractivity contribution in [1.82, 2.24) is 15.1 Å². The van der Waals surface area contributed by atoms with Gasteiger partial charge >= 0.3 is 6.18 Å². The van der Waals surface area contributed by atoms with Crippen LogP contribution in [0.2, 0.25) is 5.02 Å². The van der Waals surface area contributed by atoms with E-state index in [4.69, 9.17) is 17.3 Å². The van der Waals surface area contributed by atoms with Crippen molar-refractivity contribution in [3.8, 4) is 11.1 Å². The highest BCUT2D eigenvalue weighted by atomic mass is 35.5. The number of benzene rings is 3. The summed E-state index contributed by atoms with van der Waals surface area (Å²) in [4.78, 5) is 25.5. The molecule has 1 aliphatic heterocycles. The first-order chi connectivity index (χ1) is 17.3. The predicted octanol–water partition coefficient (Wildman–Crippen LogP) is 5.43. The van der Waals surface area contributed by atoms with Crippen LogP contribution >= 0.6 is 11.6 Å². The van der Waals surface area contributed by atoms with Gasteiger partial charge in [-0.15, -0.1) is 0 Å². The second-order valence-electron chi connectivity index (χ2n) is 8.63. The number of nitrogens with zero attached hydrogens (tertiary/aromatic N) is 2. The molecule has 0 radical (unpaired) electrons. The third kappa shape index (κ3) is 3.81. The SMILES string of the molecule is Cc1c2cc(-c3c(C(N)=O)cc(F)cc3C(F)(F)F)c3c(c2nn1C)C(=O)NC3c1cc(F)ccc1Cl. The zero-order valence-electron chi connectivity index (χ0n) is 19.1. The second-order valence-corrected chi connectivity index (χ2v) is 9.04. The molecule has 1 aromatic heterocycles. The maximum Gasteiger partial charge on any atom is 0.417 e. The minimum Gasteiger partial charge on any atom is -0.366 e. The van der Waals surface area contributed by atoms with Crippen LogP contribution in [0.5, 0.6) is 0 Å². The minimum absolute atomic E-state index is 0.0253. The fraction of sp³-hybridized carbons (Fsp3) is 0.160. The van der Waals surface area contributed by atoms with Gasteiger partial charge in [-0.2, -0.15) is 18.3 Å². The summed E-state index contributed by atoms with van der Waals surface area (Å²) in [7, 11) is 1.59. The van der Waals surface area contributed by atoms with Crippen LogP contribution in [0.15, 0.2) is 36.4 Å². The predicted molar refractivity (Wildman–Crippen MR) is 125 cm³/mol. The monoisotopic (exact) mass is 534 g/mol. The molecule has 4 aromatic rings. The Balaban J connectivity index is 2.00. The number of aryl methyl sites for hydroxylation is 2. The molecule has 1 aliphatic rings. The zero-order valence-corrected chi connectivity index (χ0v) is 19.9. The van der Waals surface area contributed by atoms with Crippen molar-refractivity contribution in [1.29, 1.82) is 0 Å². The highest BCUT2D eigenvalue weighted by Crippen LogP contribution is 2.48. The maximum atomic E-state index is 14.3. The molecular weight excluding hydrogens is 519 g/mol. The van der Waals surface area contributed by atoms with Gasteiger partial charge in [0.25, 0.3) is 5.91 Å². The number of aromatic nitrogens is 2. The van der Waals surface area contributed by atoms with E-state index < -0.39 is 52.4 Å². The van der Waals surface area contributed by atoms with E-state index in [9.17, 15) is 31.5 Å². The first-order valence-electron chi connectivity index (χ1n) is 10.8. The molecule has 5 rings (SSSR count). The van der Waals surface area contributed by atoms with Crippen molar-refractivity contribution in [3.63, 3.8) is 0 Å². The Bertz CT molecular complexity index is 1660. The van der Waals surface area contributed by atoms with E-state index in [0.29, 0.717) is 17.1 Å². The van der Waals surface area contributed by atoms with Gasteiger partial charge in [-0.05, 0) is 48.9 Å². The summed E-state index contributed by atoms with van der Waals surface area (Å²) in [6.07, 6.45) is -5.10. The highest BCUT2D eigenvalue weighted by molar-refractivity contribution is 6.31. The molecule has 2 amide bonds. The Labute approximate surface area is 210 Å². The van der Waals surface area contributed by atoms with E-state index in [2.05, 4.69) is 10.4 Å². The molecule has 0 saturated heterocycles. The first-order valence-corrected chi connectivity index (χ1v) is 11.1. The zero-order chi connectivity index (χ0) is 27.0. The third-order valence-electron chi connectivity index (χ3n) is 6.47. The Kier molecular flexibility index (Phi) is 5.52. The number of amides is 2. The average Bonchev–Trinajstić information content (AvgIpc) is 3.30. The Morgan fingerprint density at radius 2 is 1.81 bits per heavy atom. The van der Waals surface area contributed by atoms with E-state index in [-0.39, 0.29) is 38.9 Å². The number of nitrogens with two attached hydrogens (primary N) is 1. The number of carbonyl (C=O) groups is 2. The molecule has 1 atom stereocenters. The van der Waals surface area contributed by atoms with Crippen LogP contribution in [0.4, 0.5) is 22.0 Å². The number of primary amides is 1. The lowest BCUT2D eigenvalue weighted by Crippen LogP contribution is -2.21. The fourth-order valence-corrected chi connectivity index (χ4v) is 4.99. The van der Waals surface area contributed by atoms with Gasteiger partial charge in [-0.1, -0.05) is 11.6 Å². The van der Waals surface area contributed by atoms with Crippen LogP contribution in [0.3, 0.4) is 0 Å². The molecule has 1 unspecified atom stereocenters. The van der Waals surface area contributed by atoms with Crippen LogP contribution < -0.4 is 11.1 Å². The first kappa shape index (κ1) is 24.7. The van der Waals surface area contributed by atoms with Crippen molar-refractivity contribution in [3.05, 3.63) is 86.6 Å². The van der Waals surface area contributed by atoms with Crippen LogP contribution in [0.25, 0.3) is 22.0 Å². The summed E-state index contributed by atoms with van der Waals surface area (Å²) < 4.78 is 72.6. The van der Waals surface area contributed by atoms with Crippen LogP contribution in [0.1, 0.15) is 49.1 Å². The van der Waals surface area contributed by atoms with Crippen molar-refractivity contribution in [2.24, 2.45) is 12.8 Å². The lowest BCUT2D eigenvalue weighted by molar-refractivity contribution is -0.137. The van der Waals surface area contributed by atoms with E-state index in [1.54, 1.807) is 14.0 Å². The standard InChI is InChI=1S/C25H16ClF5N4O2/c1-9-12-8-14(18-15(23(32)36)6-11(28)7-16(18)25(29,30)31)19-20(22(12)34-35(9)2)24(37)33-21(19)13-5-10(27)3-4-17(13)26/h3-8,21H,1-2H3,(H2,32,36)(H,33,37). The summed E-state index contributed by atoms with van der Waals surface area (Å²) in [5.41, 5.74) is 2.93. The Hall–Kier alpha value is -3.99. The number of hydrogen-bond acceptors (Lipinski definition) is 3. The second kappa shape index (κ2) is 8.27. The van der Waals surface area contributed by atoms with Gasteiger partial charge in [0.15, 0.2) is 0 Å². The van der Waals surface area contributed by atoms with Gasteiger partial charge in [0, 0.05) is 39.8 Å². The summed E-state index contributed by atoms with van der Waals surface area (Å²) in [5, 5.41) is 7.36. The molecule has 37 heavy (non-hydrogen) atoms. The molecule has 0 aliphatic carbocycles. The summed E-state index contributed by atoms with van der Waals surface area (Å²) in [5.74, 6) is -4.02. The molecule has 0 bridgehead atoms. The van der Waals surface area contributed by atoms with Crippen molar-refractivity contribution >= 4 is 34.3 Å². The fourth-order valence-electron chi connectivity index (χ4n) is 4.76. The number of halogens is 6. The summed E-state index contributed by atoms with van der Waals surface area (Å²) in [6, 6.07) is 4.36. The average molecular weight is 535 g/mol. The van der Waals surface area contributed by atoms with Crippen LogP contribution in [0, 0.1) is 18.6 Å². The van der Waals surface area contributed by atoms with Gasteiger partial charge < -0.3 is 11.1 Å². The van der Waals surface area contributed by atoms with Gasteiger partial charge in [0.1, 0.15) is 17.2 Å². The van der Waals surface area contributed by atoms with Crippen molar-refractivity contribution in [2.75, 3.05) is 0 Å². The van der Waals surface area contributed by atoms with Gasteiger partial charge in [-0.25, -0.2) is 8.78 Å².